The van der Waals surface area contributed by atoms with Gasteiger partial charge in [-0.1, -0.05) is 12.2 Å². The van der Waals surface area contributed by atoms with Crippen LogP contribution >= 0.6 is 0 Å². The lowest BCUT2D eigenvalue weighted by atomic mass is 9.63. The van der Waals surface area contributed by atoms with E-state index >= 15 is 0 Å². The molecule has 21 heavy (non-hydrogen) atoms. The highest BCUT2D eigenvalue weighted by Crippen LogP contribution is 2.65. The van der Waals surface area contributed by atoms with Gasteiger partial charge in [-0.05, 0) is 42.2 Å². The minimum Gasteiger partial charge on any atom is -0.360 e. The van der Waals surface area contributed by atoms with Gasteiger partial charge in [0.15, 0.2) is 0 Å². The molecule has 2 heterocycles. The number of H-pyrrole nitrogens is 1. The molecule has 2 amide bonds. The SMILES string of the molecule is O=C1[C@@H]2[C@H]3C=C[C@@H]([C@@H]4C[C@H]34)[C@@H]2C(=O)N1/N=C\c1ccc[nH]1. The van der Waals surface area contributed by atoms with Crippen LogP contribution in [0.3, 0.4) is 0 Å². The molecule has 3 fully saturated rings. The summed E-state index contributed by atoms with van der Waals surface area (Å²) in [6.07, 6.45) is 8.85. The third-order valence-electron chi connectivity index (χ3n) is 5.57. The number of allylic oxidation sites excluding steroid dienone is 2. The maximum atomic E-state index is 12.6. The first-order chi connectivity index (χ1) is 10.3. The van der Waals surface area contributed by atoms with E-state index in [4.69, 9.17) is 0 Å². The van der Waals surface area contributed by atoms with Crippen LogP contribution in [0.25, 0.3) is 0 Å². The molecule has 0 aromatic carbocycles. The van der Waals surface area contributed by atoms with Crippen LogP contribution in [0.1, 0.15) is 12.1 Å². The highest BCUT2D eigenvalue weighted by molar-refractivity contribution is 6.06. The average Bonchev–Trinajstić information content (AvgIpc) is 3.10. The van der Waals surface area contributed by atoms with Crippen LogP contribution in [-0.2, 0) is 9.59 Å². The molecule has 5 nitrogen and oxygen atoms in total. The monoisotopic (exact) mass is 281 g/mol. The van der Waals surface area contributed by atoms with Crippen LogP contribution in [0.2, 0.25) is 0 Å². The van der Waals surface area contributed by atoms with Gasteiger partial charge < -0.3 is 4.98 Å². The van der Waals surface area contributed by atoms with Crippen molar-refractivity contribution in [2.45, 2.75) is 6.42 Å². The van der Waals surface area contributed by atoms with Crippen molar-refractivity contribution in [2.75, 3.05) is 0 Å². The van der Waals surface area contributed by atoms with Gasteiger partial charge in [0.2, 0.25) is 0 Å². The average molecular weight is 281 g/mol. The Morgan fingerprint density at radius 1 is 1.14 bits per heavy atom. The molecule has 6 atom stereocenters. The first kappa shape index (κ1) is 11.5. The van der Waals surface area contributed by atoms with Gasteiger partial charge in [0, 0.05) is 6.20 Å². The van der Waals surface area contributed by atoms with Crippen molar-refractivity contribution in [1.29, 1.82) is 0 Å². The predicted octanol–water partition coefficient (Wildman–Crippen LogP) is 1.40. The van der Waals surface area contributed by atoms with Gasteiger partial charge >= 0.3 is 0 Å². The maximum Gasteiger partial charge on any atom is 0.254 e. The molecule has 2 saturated carbocycles. The van der Waals surface area contributed by atoms with E-state index in [9.17, 15) is 9.59 Å². The molecule has 5 heteroatoms. The summed E-state index contributed by atoms with van der Waals surface area (Å²) in [5.74, 6) is 1.21. The molecule has 1 aromatic rings. The number of hydrazone groups is 1. The zero-order chi connectivity index (χ0) is 14.1. The number of amides is 2. The second kappa shape index (κ2) is 3.72. The van der Waals surface area contributed by atoms with E-state index in [0.29, 0.717) is 11.8 Å². The van der Waals surface area contributed by atoms with E-state index < -0.39 is 0 Å². The van der Waals surface area contributed by atoms with Crippen molar-refractivity contribution in [3.8, 4) is 0 Å². The van der Waals surface area contributed by atoms with Gasteiger partial charge in [0.1, 0.15) is 0 Å². The Hall–Kier alpha value is -2.17. The van der Waals surface area contributed by atoms with Crippen LogP contribution in [-0.4, -0.2) is 28.0 Å². The number of carbonyl (C=O) groups is 2. The molecular formula is C16H15N3O2. The van der Waals surface area contributed by atoms with Crippen LogP contribution < -0.4 is 0 Å². The summed E-state index contributed by atoms with van der Waals surface area (Å²) in [6.45, 7) is 0. The molecule has 6 rings (SSSR count). The fraction of sp³-hybridized carbons (Fsp3) is 0.438. The van der Waals surface area contributed by atoms with E-state index in [-0.39, 0.29) is 35.5 Å². The van der Waals surface area contributed by atoms with Gasteiger partial charge in [-0.25, -0.2) is 0 Å². The van der Waals surface area contributed by atoms with Crippen molar-refractivity contribution in [2.24, 2.45) is 40.6 Å². The number of rotatable bonds is 2. The molecule has 1 saturated heterocycles. The smallest absolute Gasteiger partial charge is 0.254 e. The van der Waals surface area contributed by atoms with Gasteiger partial charge in [0.25, 0.3) is 11.8 Å². The van der Waals surface area contributed by atoms with E-state index in [1.807, 2.05) is 12.1 Å². The number of nitrogens with one attached hydrogen (secondary N) is 1. The van der Waals surface area contributed by atoms with Crippen molar-refractivity contribution >= 4 is 18.0 Å². The Labute approximate surface area is 121 Å². The number of nitrogens with zero attached hydrogens (tertiary/aromatic N) is 2. The van der Waals surface area contributed by atoms with E-state index in [0.717, 1.165) is 10.7 Å². The zero-order valence-electron chi connectivity index (χ0n) is 11.3. The third kappa shape index (κ3) is 1.38. The van der Waals surface area contributed by atoms with Gasteiger partial charge in [0.05, 0.1) is 23.7 Å². The van der Waals surface area contributed by atoms with Crippen molar-refractivity contribution in [3.05, 3.63) is 36.2 Å². The van der Waals surface area contributed by atoms with Gasteiger partial charge in [-0.3, -0.25) is 9.59 Å². The second-order valence-electron chi connectivity index (χ2n) is 6.51. The molecule has 1 aliphatic heterocycles. The summed E-state index contributed by atoms with van der Waals surface area (Å²) in [5.41, 5.74) is 0.786. The summed E-state index contributed by atoms with van der Waals surface area (Å²) in [5, 5.41) is 5.24. The van der Waals surface area contributed by atoms with Crippen LogP contribution in [0, 0.1) is 35.5 Å². The third-order valence-corrected chi connectivity index (χ3v) is 5.57. The van der Waals surface area contributed by atoms with Gasteiger partial charge in [-0.2, -0.15) is 10.1 Å². The fourth-order valence-electron chi connectivity index (χ4n) is 4.60. The van der Waals surface area contributed by atoms with Crippen LogP contribution in [0.5, 0.6) is 0 Å². The van der Waals surface area contributed by atoms with Crippen molar-refractivity contribution in [1.82, 2.24) is 9.99 Å². The lowest BCUT2D eigenvalue weighted by Gasteiger charge is -2.37. The molecule has 106 valence electrons. The second-order valence-corrected chi connectivity index (χ2v) is 6.51. The van der Waals surface area contributed by atoms with Crippen molar-refractivity contribution in [3.63, 3.8) is 0 Å². The lowest BCUT2D eigenvalue weighted by molar-refractivity contribution is -0.140. The number of hydrogen-bond donors (Lipinski definition) is 1. The summed E-state index contributed by atoms with van der Waals surface area (Å²) in [6, 6.07) is 3.70. The van der Waals surface area contributed by atoms with Crippen LogP contribution in [0.4, 0.5) is 0 Å². The predicted molar refractivity (Wildman–Crippen MR) is 74.9 cm³/mol. The molecule has 4 aliphatic carbocycles. The molecule has 0 spiro atoms. The summed E-state index contributed by atoms with van der Waals surface area (Å²) >= 11 is 0. The summed E-state index contributed by atoms with van der Waals surface area (Å²) in [7, 11) is 0. The number of carbonyl (C=O) groups excluding carboxylic acids is 2. The maximum absolute atomic E-state index is 12.6. The molecule has 0 unspecified atom stereocenters. The van der Waals surface area contributed by atoms with E-state index in [2.05, 4.69) is 22.2 Å². The molecule has 1 aromatic heterocycles. The zero-order valence-corrected chi connectivity index (χ0v) is 11.3. The first-order valence-electron chi connectivity index (χ1n) is 7.49. The molecule has 2 bridgehead atoms. The highest BCUT2D eigenvalue weighted by Gasteiger charge is 2.67. The standard InChI is InChI=1S/C16H15N3O2/c20-15-13-9-3-4-10(12-6-11(9)12)14(13)16(21)19(15)18-7-8-2-1-5-17-8/h1-5,7,9-14,17H,6H2/b18-7-/t9-,10-,11-,12+,13-,14+/m0/s1. The quantitative estimate of drug-likeness (QED) is 0.506. The number of imide groups is 1. The molecular weight excluding hydrogens is 266 g/mol. The Morgan fingerprint density at radius 2 is 1.81 bits per heavy atom. The number of aromatic nitrogens is 1. The molecule has 1 N–H and O–H groups in total. The van der Waals surface area contributed by atoms with E-state index in [1.165, 1.54) is 6.42 Å². The molecule has 5 aliphatic rings. The minimum absolute atomic E-state index is 0.113. The highest BCUT2D eigenvalue weighted by atomic mass is 16.2. The Bertz CT molecular complexity index is 654. The minimum atomic E-state index is -0.169. The van der Waals surface area contributed by atoms with E-state index in [1.54, 1.807) is 12.4 Å². The Balaban J connectivity index is 1.48. The normalized spacial score (nSPS) is 42.8. The van der Waals surface area contributed by atoms with Crippen LogP contribution in [0.15, 0.2) is 35.6 Å². The fourth-order valence-corrected chi connectivity index (χ4v) is 4.60. The topological polar surface area (TPSA) is 65.5 Å². The number of hydrogen-bond acceptors (Lipinski definition) is 3. The Kier molecular flexibility index (Phi) is 2.04. The summed E-state index contributed by atoms with van der Waals surface area (Å²) < 4.78 is 0. The summed E-state index contributed by atoms with van der Waals surface area (Å²) in [4.78, 5) is 28.2. The largest absolute Gasteiger partial charge is 0.360 e. The first-order valence-corrected chi connectivity index (χ1v) is 7.49. The lowest BCUT2D eigenvalue weighted by Crippen LogP contribution is -2.40. The number of aromatic amines is 1. The Morgan fingerprint density at radius 3 is 2.38 bits per heavy atom. The molecule has 0 radical (unpaired) electrons. The van der Waals surface area contributed by atoms with Crippen molar-refractivity contribution < 1.29 is 9.59 Å². The van der Waals surface area contributed by atoms with Gasteiger partial charge in [-0.15, -0.1) is 0 Å².